The number of alkyl halides is 3. The van der Waals surface area contributed by atoms with Crippen LogP contribution in [0.25, 0.3) is 0 Å². The van der Waals surface area contributed by atoms with Crippen LogP contribution in [0.15, 0.2) is 18.2 Å². The Hall–Kier alpha value is -1.69. The summed E-state index contributed by atoms with van der Waals surface area (Å²) in [6.45, 7) is 0.328. The number of ether oxygens (including phenoxy) is 1. The van der Waals surface area contributed by atoms with Crippen LogP contribution in [0, 0.1) is 0 Å². The van der Waals surface area contributed by atoms with E-state index in [2.05, 4.69) is 10.2 Å². The molecule has 0 spiro atoms. The number of carbonyl (C=O) groups is 1. The molecule has 0 radical (unpaired) electrons. The molecule has 1 aromatic heterocycles. The second-order valence-electron chi connectivity index (χ2n) is 5.74. The van der Waals surface area contributed by atoms with Gasteiger partial charge in [0.25, 0.3) is 0 Å². The van der Waals surface area contributed by atoms with E-state index >= 15 is 0 Å². The molecule has 1 atom stereocenters. The van der Waals surface area contributed by atoms with Crippen molar-refractivity contribution in [3.05, 3.63) is 38.8 Å². The standard InChI is InChI=1S/C15H11Cl2F3N4O2S2/c1-23-5-4-10(26-11(27)7-2-3-8(16)9(17)6-7)24(14(23)25)13-22-21-12(28-13)15(18,19)20/h2-3,6,10H,4-5H2,1H3. The largest absolute Gasteiger partial charge is 0.459 e. The predicted octanol–water partition coefficient (Wildman–Crippen LogP) is 4.84. The molecule has 13 heteroatoms. The third-order valence-electron chi connectivity index (χ3n) is 3.79. The molecule has 1 aliphatic heterocycles. The van der Waals surface area contributed by atoms with Crippen LogP contribution in [0.5, 0.6) is 0 Å². The van der Waals surface area contributed by atoms with E-state index in [1.807, 2.05) is 0 Å². The van der Waals surface area contributed by atoms with Crippen LogP contribution in [0.1, 0.15) is 17.0 Å². The van der Waals surface area contributed by atoms with Gasteiger partial charge in [0.15, 0.2) is 11.3 Å². The highest BCUT2D eigenvalue weighted by Crippen LogP contribution is 2.36. The van der Waals surface area contributed by atoms with E-state index in [1.54, 1.807) is 6.07 Å². The lowest BCUT2D eigenvalue weighted by atomic mass is 10.2. The number of aromatic nitrogens is 2. The highest BCUT2D eigenvalue weighted by Gasteiger charge is 2.41. The summed E-state index contributed by atoms with van der Waals surface area (Å²) in [6, 6.07) is 4.05. The number of anilines is 1. The lowest BCUT2D eigenvalue weighted by Crippen LogP contribution is -2.54. The number of benzene rings is 1. The number of nitrogens with zero attached hydrogens (tertiary/aromatic N) is 4. The number of rotatable bonds is 3. The van der Waals surface area contributed by atoms with Gasteiger partial charge >= 0.3 is 12.2 Å². The molecule has 2 heterocycles. The van der Waals surface area contributed by atoms with E-state index in [0.29, 0.717) is 23.6 Å². The normalized spacial score (nSPS) is 17.8. The smallest absolute Gasteiger partial charge is 0.445 e. The van der Waals surface area contributed by atoms with Crippen molar-refractivity contribution in [3.63, 3.8) is 0 Å². The van der Waals surface area contributed by atoms with Crippen LogP contribution in [0.2, 0.25) is 10.0 Å². The van der Waals surface area contributed by atoms with Gasteiger partial charge in [0.05, 0.1) is 10.0 Å². The zero-order chi connectivity index (χ0) is 20.6. The highest BCUT2D eigenvalue weighted by atomic mass is 35.5. The Morgan fingerprint density at radius 1 is 1.32 bits per heavy atom. The molecule has 0 saturated carbocycles. The lowest BCUT2D eigenvalue weighted by molar-refractivity contribution is -0.138. The van der Waals surface area contributed by atoms with Crippen molar-refractivity contribution in [1.29, 1.82) is 0 Å². The lowest BCUT2D eigenvalue weighted by Gasteiger charge is -2.37. The topological polar surface area (TPSA) is 58.6 Å². The fourth-order valence-corrected chi connectivity index (χ4v) is 3.68. The van der Waals surface area contributed by atoms with Crippen LogP contribution < -0.4 is 4.90 Å². The molecule has 150 valence electrons. The molecule has 0 bridgehead atoms. The monoisotopic (exact) mass is 470 g/mol. The second kappa shape index (κ2) is 7.97. The van der Waals surface area contributed by atoms with E-state index in [0.717, 1.165) is 4.90 Å². The van der Waals surface area contributed by atoms with Gasteiger partial charge in [-0.15, -0.1) is 10.2 Å². The van der Waals surface area contributed by atoms with E-state index in [9.17, 15) is 18.0 Å². The number of carbonyl (C=O) groups excluding carboxylic acids is 1. The highest BCUT2D eigenvalue weighted by molar-refractivity contribution is 7.80. The summed E-state index contributed by atoms with van der Waals surface area (Å²) in [7, 11) is 1.52. The summed E-state index contributed by atoms with van der Waals surface area (Å²) >= 11 is 17.4. The maximum atomic E-state index is 12.9. The summed E-state index contributed by atoms with van der Waals surface area (Å²) in [5.74, 6) is 0. The minimum Gasteiger partial charge on any atom is -0.459 e. The summed E-state index contributed by atoms with van der Waals surface area (Å²) in [4.78, 5) is 14.9. The first kappa shape index (κ1) is 21.0. The number of amides is 2. The molecule has 0 N–H and O–H groups in total. The average Bonchev–Trinajstić information content (AvgIpc) is 3.10. The molecule has 1 unspecified atom stereocenters. The molecule has 1 fully saturated rings. The Balaban J connectivity index is 1.87. The predicted molar refractivity (Wildman–Crippen MR) is 103 cm³/mol. The number of hydrogen-bond acceptors (Lipinski definition) is 6. The first-order valence-electron chi connectivity index (χ1n) is 7.69. The Morgan fingerprint density at radius 2 is 2.04 bits per heavy atom. The van der Waals surface area contributed by atoms with Crippen LogP contribution in [-0.2, 0) is 10.9 Å². The van der Waals surface area contributed by atoms with Crippen molar-refractivity contribution in [3.8, 4) is 0 Å². The third kappa shape index (κ3) is 4.32. The quantitative estimate of drug-likeness (QED) is 0.600. The van der Waals surface area contributed by atoms with Crippen LogP contribution in [0.3, 0.4) is 0 Å². The molecule has 3 rings (SSSR count). The van der Waals surface area contributed by atoms with Crippen LogP contribution in [-0.4, -0.2) is 46.0 Å². The second-order valence-corrected chi connectivity index (χ2v) is 7.88. The van der Waals surface area contributed by atoms with Gasteiger partial charge in [-0.2, -0.15) is 13.2 Å². The number of thiocarbonyl (C=S) groups is 1. The van der Waals surface area contributed by atoms with Gasteiger partial charge in [-0.3, -0.25) is 0 Å². The summed E-state index contributed by atoms with van der Waals surface area (Å²) in [5, 5.41) is 5.86. The van der Waals surface area contributed by atoms with Crippen molar-refractivity contribution in [2.75, 3.05) is 18.5 Å². The summed E-state index contributed by atoms with van der Waals surface area (Å²) in [5.41, 5.74) is 0.448. The van der Waals surface area contributed by atoms with Crippen LogP contribution in [0.4, 0.5) is 23.1 Å². The molecule has 28 heavy (non-hydrogen) atoms. The molecule has 1 aliphatic rings. The first-order chi connectivity index (χ1) is 13.1. The average molecular weight is 471 g/mol. The Kier molecular flexibility index (Phi) is 5.99. The molecule has 1 saturated heterocycles. The van der Waals surface area contributed by atoms with Crippen molar-refractivity contribution >= 4 is 63.0 Å². The summed E-state index contributed by atoms with van der Waals surface area (Å²) < 4.78 is 44.3. The first-order valence-corrected chi connectivity index (χ1v) is 9.67. The SMILES string of the molecule is CN1CCC(OC(=S)c2ccc(Cl)c(Cl)c2)N(c2nnc(C(F)(F)F)s2)C1=O. The maximum absolute atomic E-state index is 12.9. The van der Waals surface area contributed by atoms with Gasteiger partial charge in [0, 0.05) is 25.6 Å². The molecular weight excluding hydrogens is 460 g/mol. The molecule has 1 aromatic carbocycles. The molecular formula is C15H11Cl2F3N4O2S2. The van der Waals surface area contributed by atoms with E-state index in [-0.39, 0.29) is 26.5 Å². The summed E-state index contributed by atoms with van der Waals surface area (Å²) in [6.07, 6.45) is -5.31. The fraction of sp³-hybridized carbons (Fsp3) is 0.333. The minimum atomic E-state index is -4.66. The molecule has 2 amide bonds. The van der Waals surface area contributed by atoms with Gasteiger partial charge in [-0.05, 0) is 30.4 Å². The maximum Gasteiger partial charge on any atom is 0.445 e. The van der Waals surface area contributed by atoms with Crippen LogP contribution >= 0.6 is 46.8 Å². The number of halogens is 5. The fourth-order valence-electron chi connectivity index (χ4n) is 2.39. The van der Waals surface area contributed by atoms with E-state index < -0.39 is 23.4 Å². The van der Waals surface area contributed by atoms with E-state index in [1.165, 1.54) is 24.1 Å². The molecule has 6 nitrogen and oxygen atoms in total. The Bertz CT molecular complexity index is 925. The number of hydrogen-bond donors (Lipinski definition) is 0. The van der Waals surface area contributed by atoms with Gasteiger partial charge in [0.2, 0.25) is 10.1 Å². The van der Waals surface area contributed by atoms with Gasteiger partial charge < -0.3 is 9.64 Å². The van der Waals surface area contributed by atoms with E-state index in [4.69, 9.17) is 40.2 Å². The zero-order valence-electron chi connectivity index (χ0n) is 14.0. The van der Waals surface area contributed by atoms with Gasteiger partial charge in [-0.1, -0.05) is 34.5 Å². The minimum absolute atomic E-state index is 0.0199. The Labute approximate surface area is 176 Å². The molecule has 2 aromatic rings. The van der Waals surface area contributed by atoms with Gasteiger partial charge in [-0.25, -0.2) is 9.69 Å². The van der Waals surface area contributed by atoms with Gasteiger partial charge in [0.1, 0.15) is 0 Å². The Morgan fingerprint density at radius 3 is 2.64 bits per heavy atom. The zero-order valence-corrected chi connectivity index (χ0v) is 17.2. The van der Waals surface area contributed by atoms with Crippen molar-refractivity contribution in [2.45, 2.75) is 18.8 Å². The molecule has 0 aliphatic carbocycles. The number of urea groups is 1. The van der Waals surface area contributed by atoms with Crippen molar-refractivity contribution < 1.29 is 22.7 Å². The van der Waals surface area contributed by atoms with Crippen molar-refractivity contribution in [2.24, 2.45) is 0 Å². The third-order valence-corrected chi connectivity index (χ3v) is 5.83. The van der Waals surface area contributed by atoms with Crippen molar-refractivity contribution in [1.82, 2.24) is 15.1 Å².